The Bertz CT molecular complexity index is 555. The molecule has 0 radical (unpaired) electrons. The minimum Gasteiger partial charge on any atom is -0.329 e. The van der Waals surface area contributed by atoms with Crippen LogP contribution in [-0.2, 0) is 0 Å². The first-order valence-electron chi connectivity index (χ1n) is 7.17. The molecule has 2 nitrogen and oxygen atoms in total. The summed E-state index contributed by atoms with van der Waals surface area (Å²) in [6.45, 7) is 1.85. The average Bonchev–Trinajstić information content (AvgIpc) is 3.24. The second kappa shape index (κ2) is 5.32. The van der Waals surface area contributed by atoms with Gasteiger partial charge in [0.25, 0.3) is 0 Å². The molecule has 1 unspecified atom stereocenters. The maximum Gasteiger partial charge on any atom is 0.0473 e. The van der Waals surface area contributed by atoms with E-state index in [1.165, 1.54) is 35.7 Å². The molecule has 1 aliphatic carbocycles. The lowest BCUT2D eigenvalue weighted by molar-refractivity contribution is 0.241. The van der Waals surface area contributed by atoms with Crippen molar-refractivity contribution in [1.82, 2.24) is 4.90 Å². The minimum absolute atomic E-state index is 0.326. The first-order chi connectivity index (χ1) is 9.29. The smallest absolute Gasteiger partial charge is 0.0473 e. The lowest BCUT2D eigenvalue weighted by Crippen LogP contribution is -2.32. The fourth-order valence-corrected chi connectivity index (χ4v) is 2.92. The standard InChI is InChI=1S/C17H22N2/c1-19(12-13-9-10-13)17(11-18)16-8-4-6-14-5-2-3-7-15(14)16/h2-8,13,17H,9-12,18H2,1H3. The Morgan fingerprint density at radius 2 is 1.89 bits per heavy atom. The van der Waals surface area contributed by atoms with Crippen molar-refractivity contribution in [2.45, 2.75) is 18.9 Å². The molecule has 0 amide bonds. The molecule has 1 saturated carbocycles. The summed E-state index contributed by atoms with van der Waals surface area (Å²) in [6, 6.07) is 15.5. The first-order valence-corrected chi connectivity index (χ1v) is 7.17. The highest BCUT2D eigenvalue weighted by Crippen LogP contribution is 2.33. The monoisotopic (exact) mass is 254 g/mol. The van der Waals surface area contributed by atoms with Crippen LogP contribution in [-0.4, -0.2) is 25.0 Å². The Kier molecular flexibility index (Phi) is 3.54. The number of nitrogens with zero attached hydrogens (tertiary/aromatic N) is 1. The fraction of sp³-hybridized carbons (Fsp3) is 0.412. The van der Waals surface area contributed by atoms with E-state index in [2.05, 4.69) is 54.4 Å². The normalized spacial score (nSPS) is 17.0. The van der Waals surface area contributed by atoms with Crippen molar-refractivity contribution in [3.8, 4) is 0 Å². The third-order valence-corrected chi connectivity index (χ3v) is 4.18. The van der Waals surface area contributed by atoms with Crippen molar-refractivity contribution in [1.29, 1.82) is 0 Å². The summed E-state index contributed by atoms with van der Waals surface area (Å²) in [7, 11) is 2.21. The highest BCUT2D eigenvalue weighted by molar-refractivity contribution is 5.86. The van der Waals surface area contributed by atoms with Crippen LogP contribution in [0, 0.1) is 5.92 Å². The molecule has 0 aromatic heterocycles. The van der Waals surface area contributed by atoms with Crippen molar-refractivity contribution in [3.05, 3.63) is 48.0 Å². The molecule has 2 N–H and O–H groups in total. The Balaban J connectivity index is 1.95. The van der Waals surface area contributed by atoms with Gasteiger partial charge in [-0.3, -0.25) is 4.90 Å². The Morgan fingerprint density at radius 3 is 2.63 bits per heavy atom. The largest absolute Gasteiger partial charge is 0.329 e. The van der Waals surface area contributed by atoms with E-state index < -0.39 is 0 Å². The van der Waals surface area contributed by atoms with Crippen molar-refractivity contribution in [2.75, 3.05) is 20.1 Å². The molecule has 100 valence electrons. The molecular formula is C17H22N2. The molecule has 1 atom stereocenters. The lowest BCUT2D eigenvalue weighted by atomic mass is 9.97. The summed E-state index contributed by atoms with van der Waals surface area (Å²) in [5, 5.41) is 2.64. The van der Waals surface area contributed by atoms with Crippen LogP contribution in [0.2, 0.25) is 0 Å². The summed E-state index contributed by atoms with van der Waals surface area (Å²) >= 11 is 0. The molecular weight excluding hydrogens is 232 g/mol. The molecule has 0 saturated heterocycles. The zero-order valence-electron chi connectivity index (χ0n) is 11.5. The van der Waals surface area contributed by atoms with Crippen LogP contribution in [0.5, 0.6) is 0 Å². The van der Waals surface area contributed by atoms with Gasteiger partial charge in [-0.2, -0.15) is 0 Å². The maximum absolute atomic E-state index is 6.05. The zero-order chi connectivity index (χ0) is 13.2. The topological polar surface area (TPSA) is 29.3 Å². The molecule has 0 spiro atoms. The average molecular weight is 254 g/mol. The number of fused-ring (bicyclic) bond motifs is 1. The summed E-state index contributed by atoms with van der Waals surface area (Å²) in [6.07, 6.45) is 2.77. The van der Waals surface area contributed by atoms with Crippen LogP contribution in [0.3, 0.4) is 0 Å². The van der Waals surface area contributed by atoms with Crippen molar-refractivity contribution in [2.24, 2.45) is 11.7 Å². The van der Waals surface area contributed by atoms with Gasteiger partial charge in [-0.05, 0) is 42.1 Å². The zero-order valence-corrected chi connectivity index (χ0v) is 11.5. The quantitative estimate of drug-likeness (QED) is 0.888. The molecule has 19 heavy (non-hydrogen) atoms. The van der Waals surface area contributed by atoms with Crippen LogP contribution < -0.4 is 5.73 Å². The predicted octanol–water partition coefficient (Wildman–Crippen LogP) is 3.18. The van der Waals surface area contributed by atoms with Gasteiger partial charge in [0.1, 0.15) is 0 Å². The number of rotatable bonds is 5. The number of nitrogens with two attached hydrogens (primary N) is 1. The van der Waals surface area contributed by atoms with Crippen molar-refractivity contribution < 1.29 is 0 Å². The van der Waals surface area contributed by atoms with Crippen molar-refractivity contribution >= 4 is 10.8 Å². The minimum atomic E-state index is 0.326. The molecule has 0 bridgehead atoms. The molecule has 0 heterocycles. The Hall–Kier alpha value is -1.38. The van der Waals surface area contributed by atoms with E-state index in [1.54, 1.807) is 0 Å². The predicted molar refractivity (Wildman–Crippen MR) is 81.1 cm³/mol. The van der Waals surface area contributed by atoms with Crippen LogP contribution in [0.25, 0.3) is 10.8 Å². The highest BCUT2D eigenvalue weighted by atomic mass is 15.1. The van der Waals surface area contributed by atoms with Crippen molar-refractivity contribution in [3.63, 3.8) is 0 Å². The van der Waals surface area contributed by atoms with Gasteiger partial charge in [0.05, 0.1) is 0 Å². The van der Waals surface area contributed by atoms with Gasteiger partial charge in [-0.15, -0.1) is 0 Å². The third-order valence-electron chi connectivity index (χ3n) is 4.18. The van der Waals surface area contributed by atoms with Gasteiger partial charge < -0.3 is 5.73 Å². The van der Waals surface area contributed by atoms with Crippen LogP contribution >= 0.6 is 0 Å². The molecule has 3 rings (SSSR count). The number of hydrogen-bond donors (Lipinski definition) is 1. The van der Waals surface area contributed by atoms with Gasteiger partial charge in [-0.1, -0.05) is 42.5 Å². The summed E-state index contributed by atoms with van der Waals surface area (Å²) in [5.74, 6) is 0.897. The van der Waals surface area contributed by atoms with Gasteiger partial charge >= 0.3 is 0 Å². The highest BCUT2D eigenvalue weighted by Gasteiger charge is 2.26. The summed E-state index contributed by atoms with van der Waals surface area (Å²) in [5.41, 5.74) is 7.42. The first kappa shape index (κ1) is 12.6. The third kappa shape index (κ3) is 2.65. The molecule has 1 aliphatic rings. The molecule has 2 heteroatoms. The number of hydrogen-bond acceptors (Lipinski definition) is 2. The Morgan fingerprint density at radius 1 is 1.16 bits per heavy atom. The molecule has 0 aliphatic heterocycles. The van der Waals surface area contributed by atoms with Gasteiger partial charge in [0.15, 0.2) is 0 Å². The molecule has 1 fully saturated rings. The van der Waals surface area contributed by atoms with Crippen LogP contribution in [0.1, 0.15) is 24.4 Å². The van der Waals surface area contributed by atoms with E-state index in [1.807, 2.05) is 0 Å². The van der Waals surface area contributed by atoms with E-state index in [4.69, 9.17) is 5.73 Å². The number of benzene rings is 2. The number of likely N-dealkylation sites (N-methyl/N-ethyl adjacent to an activating group) is 1. The van der Waals surface area contributed by atoms with Crippen LogP contribution in [0.15, 0.2) is 42.5 Å². The lowest BCUT2D eigenvalue weighted by Gasteiger charge is -2.28. The van der Waals surface area contributed by atoms with E-state index in [9.17, 15) is 0 Å². The molecule has 2 aromatic carbocycles. The van der Waals surface area contributed by atoms with Crippen LogP contribution in [0.4, 0.5) is 0 Å². The van der Waals surface area contributed by atoms with E-state index in [0.717, 1.165) is 5.92 Å². The second-order valence-corrected chi connectivity index (χ2v) is 5.70. The van der Waals surface area contributed by atoms with E-state index in [-0.39, 0.29) is 0 Å². The summed E-state index contributed by atoms with van der Waals surface area (Å²) in [4.78, 5) is 2.43. The second-order valence-electron chi connectivity index (χ2n) is 5.70. The SMILES string of the molecule is CN(CC1CC1)C(CN)c1cccc2ccccc12. The van der Waals surface area contributed by atoms with Gasteiger partial charge in [0.2, 0.25) is 0 Å². The van der Waals surface area contributed by atoms with Gasteiger partial charge in [-0.25, -0.2) is 0 Å². The van der Waals surface area contributed by atoms with E-state index in [0.29, 0.717) is 12.6 Å². The maximum atomic E-state index is 6.05. The van der Waals surface area contributed by atoms with E-state index >= 15 is 0 Å². The fourth-order valence-electron chi connectivity index (χ4n) is 2.92. The molecule has 2 aromatic rings. The van der Waals surface area contributed by atoms with Gasteiger partial charge in [0, 0.05) is 19.1 Å². The Labute approximate surface area is 115 Å². The summed E-state index contributed by atoms with van der Waals surface area (Å²) < 4.78 is 0.